The first-order chi connectivity index (χ1) is 17.1. The number of ether oxygens (including phenoxy) is 1. The Hall–Kier alpha value is -2.25. The highest BCUT2D eigenvalue weighted by Crippen LogP contribution is 2.28. The molecule has 0 heterocycles. The molecule has 0 saturated heterocycles. The topological polar surface area (TPSA) is 58.6 Å². The van der Waals surface area contributed by atoms with Crippen LogP contribution in [0.25, 0.3) is 0 Å². The van der Waals surface area contributed by atoms with Crippen molar-refractivity contribution < 1.29 is 14.3 Å². The van der Waals surface area contributed by atoms with Crippen molar-refractivity contribution in [2.75, 3.05) is 6.61 Å². The van der Waals surface area contributed by atoms with Crippen LogP contribution in [-0.2, 0) is 22.6 Å². The van der Waals surface area contributed by atoms with Gasteiger partial charge in [-0.2, -0.15) is 0 Å². The fraction of sp³-hybridized carbons (Fsp3) is 0.259. The molecule has 0 unspecified atom stereocenters. The second-order valence-electron chi connectivity index (χ2n) is 8.49. The van der Waals surface area contributed by atoms with Gasteiger partial charge in [0.05, 0.1) is 4.47 Å². The highest BCUT2D eigenvalue weighted by Gasteiger charge is 2.31. The van der Waals surface area contributed by atoms with Gasteiger partial charge < -0.3 is 15.0 Å². The third-order valence-electron chi connectivity index (χ3n) is 5.30. The Morgan fingerprint density at radius 2 is 1.64 bits per heavy atom. The third-order valence-corrected chi connectivity index (χ3v) is 6.74. The second-order valence-corrected chi connectivity index (χ2v) is 10.6. The molecule has 3 aromatic carbocycles. The number of benzene rings is 3. The lowest BCUT2D eigenvalue weighted by molar-refractivity contribution is -0.143. The van der Waals surface area contributed by atoms with Crippen LogP contribution in [0.4, 0.5) is 0 Å². The van der Waals surface area contributed by atoms with Gasteiger partial charge in [0.15, 0.2) is 6.61 Å². The Labute approximate surface area is 234 Å². The maximum Gasteiger partial charge on any atom is 0.261 e. The summed E-state index contributed by atoms with van der Waals surface area (Å²) in [5, 5.41) is 4.37. The minimum absolute atomic E-state index is 0.100. The Morgan fingerprint density at radius 3 is 2.28 bits per heavy atom. The largest absolute Gasteiger partial charge is 0.483 e. The van der Waals surface area contributed by atoms with Crippen molar-refractivity contribution in [2.24, 2.45) is 0 Å². The molecule has 1 atom stereocenters. The molecule has 0 spiro atoms. The first-order valence-electron chi connectivity index (χ1n) is 11.3. The van der Waals surface area contributed by atoms with E-state index in [4.69, 9.17) is 39.5 Å². The molecule has 0 bridgehead atoms. The van der Waals surface area contributed by atoms with E-state index in [0.29, 0.717) is 37.3 Å². The fourth-order valence-electron chi connectivity index (χ4n) is 3.58. The van der Waals surface area contributed by atoms with Crippen LogP contribution in [0.3, 0.4) is 0 Å². The van der Waals surface area contributed by atoms with Crippen molar-refractivity contribution in [1.82, 2.24) is 10.2 Å². The zero-order valence-electron chi connectivity index (χ0n) is 19.8. The summed E-state index contributed by atoms with van der Waals surface area (Å²) in [4.78, 5) is 28.5. The van der Waals surface area contributed by atoms with E-state index in [2.05, 4.69) is 21.2 Å². The van der Waals surface area contributed by atoms with E-state index in [1.807, 2.05) is 44.2 Å². The van der Waals surface area contributed by atoms with Crippen LogP contribution in [-0.4, -0.2) is 35.4 Å². The molecular weight excluding hydrogens is 587 g/mol. The number of halogens is 4. The first-order valence-corrected chi connectivity index (χ1v) is 13.2. The van der Waals surface area contributed by atoms with Gasteiger partial charge in [-0.15, -0.1) is 0 Å². The van der Waals surface area contributed by atoms with E-state index in [1.54, 1.807) is 36.4 Å². The predicted octanol–water partition coefficient (Wildman–Crippen LogP) is 6.95. The summed E-state index contributed by atoms with van der Waals surface area (Å²) in [6.45, 7) is 3.57. The standard InChI is InChI=1S/C27H26BrCl3N2O3/c1-17(2)32-27(35)24(12-18-6-4-3-5-7-18)33(15-19-8-9-21(30)14-23(19)31)26(34)16-36-25-11-10-20(29)13-22(25)28/h3-11,13-14,17,24H,12,15-16H2,1-2H3,(H,32,35)/t24-/m1/s1. The summed E-state index contributed by atoms with van der Waals surface area (Å²) in [5.74, 6) is -0.175. The van der Waals surface area contributed by atoms with Gasteiger partial charge >= 0.3 is 0 Å². The van der Waals surface area contributed by atoms with Gasteiger partial charge in [0.1, 0.15) is 11.8 Å². The molecule has 3 aromatic rings. The van der Waals surface area contributed by atoms with Gasteiger partial charge in [-0.3, -0.25) is 9.59 Å². The molecule has 1 N–H and O–H groups in total. The normalized spacial score (nSPS) is 11.8. The smallest absolute Gasteiger partial charge is 0.261 e. The molecule has 3 rings (SSSR count). The SMILES string of the molecule is CC(C)NC(=O)[C@@H](Cc1ccccc1)N(Cc1ccc(Cl)cc1Cl)C(=O)COc1ccc(Cl)cc1Br. The lowest BCUT2D eigenvalue weighted by Crippen LogP contribution is -2.52. The summed E-state index contributed by atoms with van der Waals surface area (Å²) < 4.78 is 6.42. The quantitative estimate of drug-likeness (QED) is 0.270. The number of carbonyl (C=O) groups is 2. The molecule has 9 heteroatoms. The average Bonchev–Trinajstić information content (AvgIpc) is 2.82. The van der Waals surface area contributed by atoms with E-state index in [9.17, 15) is 9.59 Å². The molecule has 36 heavy (non-hydrogen) atoms. The molecule has 5 nitrogen and oxygen atoms in total. The molecular formula is C27H26BrCl3N2O3. The molecule has 0 saturated carbocycles. The van der Waals surface area contributed by atoms with Gasteiger partial charge in [-0.25, -0.2) is 0 Å². The van der Waals surface area contributed by atoms with E-state index in [1.165, 1.54) is 4.90 Å². The van der Waals surface area contributed by atoms with Crippen molar-refractivity contribution in [2.45, 2.75) is 38.9 Å². The number of amides is 2. The molecule has 0 aliphatic carbocycles. The van der Waals surface area contributed by atoms with Crippen molar-refractivity contribution in [3.63, 3.8) is 0 Å². The van der Waals surface area contributed by atoms with Gasteiger partial charge in [-0.05, 0) is 71.2 Å². The number of rotatable bonds is 10. The van der Waals surface area contributed by atoms with E-state index < -0.39 is 6.04 Å². The molecule has 190 valence electrons. The van der Waals surface area contributed by atoms with Crippen molar-refractivity contribution >= 4 is 62.5 Å². The fourth-order valence-corrected chi connectivity index (χ4v) is 4.85. The molecule has 0 fully saturated rings. The van der Waals surface area contributed by atoms with Crippen LogP contribution < -0.4 is 10.1 Å². The van der Waals surface area contributed by atoms with Crippen LogP contribution in [0.2, 0.25) is 15.1 Å². The van der Waals surface area contributed by atoms with E-state index in [-0.39, 0.29) is 31.0 Å². The summed E-state index contributed by atoms with van der Waals surface area (Å²) in [6.07, 6.45) is 0.320. The minimum atomic E-state index is -0.800. The Kier molecular flexibility index (Phi) is 10.5. The zero-order valence-corrected chi connectivity index (χ0v) is 23.7. The lowest BCUT2D eigenvalue weighted by atomic mass is 10.0. The molecule has 2 amide bonds. The summed E-state index contributed by atoms with van der Waals surface area (Å²) in [6, 6.07) is 18.7. The van der Waals surface area contributed by atoms with Gasteiger partial charge in [0.2, 0.25) is 5.91 Å². The predicted molar refractivity (Wildman–Crippen MR) is 149 cm³/mol. The van der Waals surface area contributed by atoms with Gasteiger partial charge in [0.25, 0.3) is 5.91 Å². The number of hydrogen-bond donors (Lipinski definition) is 1. The summed E-state index contributed by atoms with van der Waals surface area (Å²) in [7, 11) is 0. The highest BCUT2D eigenvalue weighted by molar-refractivity contribution is 9.10. The van der Waals surface area contributed by atoms with Crippen molar-refractivity contribution in [3.8, 4) is 5.75 Å². The maximum atomic E-state index is 13.6. The number of nitrogens with zero attached hydrogens (tertiary/aromatic N) is 1. The summed E-state index contributed by atoms with van der Waals surface area (Å²) in [5.41, 5.74) is 1.58. The van der Waals surface area contributed by atoms with E-state index in [0.717, 1.165) is 5.56 Å². The van der Waals surface area contributed by atoms with Gasteiger partial charge in [-0.1, -0.05) is 71.2 Å². The molecule has 0 aliphatic rings. The number of nitrogens with one attached hydrogen (secondary N) is 1. The Morgan fingerprint density at radius 1 is 0.972 bits per heavy atom. The molecule has 0 radical (unpaired) electrons. The van der Waals surface area contributed by atoms with Gasteiger partial charge in [0, 0.05) is 34.1 Å². The summed E-state index contributed by atoms with van der Waals surface area (Å²) >= 11 is 21.9. The van der Waals surface area contributed by atoms with Crippen LogP contribution in [0.5, 0.6) is 5.75 Å². The van der Waals surface area contributed by atoms with Crippen LogP contribution in [0, 0.1) is 0 Å². The monoisotopic (exact) mass is 610 g/mol. The minimum Gasteiger partial charge on any atom is -0.483 e. The number of carbonyl (C=O) groups excluding carboxylic acids is 2. The first kappa shape index (κ1) is 28.3. The van der Waals surface area contributed by atoms with Crippen molar-refractivity contribution in [1.29, 1.82) is 0 Å². The highest BCUT2D eigenvalue weighted by atomic mass is 79.9. The van der Waals surface area contributed by atoms with E-state index >= 15 is 0 Å². The third kappa shape index (κ3) is 8.13. The molecule has 0 aliphatic heterocycles. The average molecular weight is 613 g/mol. The van der Waals surface area contributed by atoms with Crippen molar-refractivity contribution in [3.05, 3.63) is 97.4 Å². The zero-order chi connectivity index (χ0) is 26.2. The Bertz CT molecular complexity index is 1210. The van der Waals surface area contributed by atoms with Crippen LogP contribution in [0.15, 0.2) is 71.2 Å². The van der Waals surface area contributed by atoms with Crippen LogP contribution >= 0.6 is 50.7 Å². The lowest BCUT2D eigenvalue weighted by Gasteiger charge is -2.32. The maximum absolute atomic E-state index is 13.6. The number of hydrogen-bond acceptors (Lipinski definition) is 3. The van der Waals surface area contributed by atoms with Crippen LogP contribution in [0.1, 0.15) is 25.0 Å². The second kappa shape index (κ2) is 13.3. The Balaban J connectivity index is 1.95. The molecule has 0 aromatic heterocycles.